The van der Waals surface area contributed by atoms with E-state index >= 15 is 0 Å². The Kier molecular flexibility index (Phi) is 6.10. The number of carbonyl (C=O) groups excluding carboxylic acids is 1. The number of carbonyl (C=O) groups is 1. The second-order valence-corrected chi connectivity index (χ2v) is 3.68. The van der Waals surface area contributed by atoms with Crippen LogP contribution in [0.5, 0.6) is 5.75 Å². The predicted molar refractivity (Wildman–Crippen MR) is 66.0 cm³/mol. The first kappa shape index (κ1) is 13.5. The van der Waals surface area contributed by atoms with Crippen LogP contribution in [-0.4, -0.2) is 26.7 Å². The van der Waals surface area contributed by atoms with Crippen LogP contribution in [0.4, 0.5) is 0 Å². The zero-order chi connectivity index (χ0) is 12.5. The van der Waals surface area contributed by atoms with E-state index in [2.05, 4.69) is 5.32 Å². The number of ether oxygens (including phenoxy) is 2. The van der Waals surface area contributed by atoms with Crippen LogP contribution in [0.3, 0.4) is 0 Å². The van der Waals surface area contributed by atoms with E-state index in [-0.39, 0.29) is 5.91 Å². The summed E-state index contributed by atoms with van der Waals surface area (Å²) < 4.78 is 10.5. The van der Waals surface area contributed by atoms with E-state index in [0.29, 0.717) is 19.6 Å². The molecule has 94 valence electrons. The molecule has 0 aliphatic heterocycles. The number of hydrogen-bond acceptors (Lipinski definition) is 3. The van der Waals surface area contributed by atoms with E-state index in [1.807, 2.05) is 24.3 Å². The highest BCUT2D eigenvalue weighted by molar-refractivity contribution is 5.75. The molecule has 0 unspecified atom stereocenters. The molecule has 17 heavy (non-hydrogen) atoms. The van der Waals surface area contributed by atoms with Gasteiger partial charge in [-0.3, -0.25) is 4.79 Å². The molecule has 0 aliphatic carbocycles. The van der Waals surface area contributed by atoms with Crippen molar-refractivity contribution in [3.63, 3.8) is 0 Å². The van der Waals surface area contributed by atoms with Gasteiger partial charge in [0.05, 0.1) is 13.7 Å². The smallest absolute Gasteiger partial charge is 0.219 e. The van der Waals surface area contributed by atoms with Crippen LogP contribution in [0.1, 0.15) is 18.4 Å². The normalized spacial score (nSPS) is 10.0. The van der Waals surface area contributed by atoms with Gasteiger partial charge in [-0.1, -0.05) is 12.1 Å². The Morgan fingerprint density at radius 1 is 1.29 bits per heavy atom. The highest BCUT2D eigenvalue weighted by Crippen LogP contribution is 2.11. The van der Waals surface area contributed by atoms with Crippen LogP contribution in [0.25, 0.3) is 0 Å². The second-order valence-electron chi connectivity index (χ2n) is 3.68. The molecule has 1 amide bonds. The van der Waals surface area contributed by atoms with Gasteiger partial charge < -0.3 is 14.8 Å². The largest absolute Gasteiger partial charge is 0.497 e. The van der Waals surface area contributed by atoms with Gasteiger partial charge in [0.2, 0.25) is 5.91 Å². The maximum absolute atomic E-state index is 10.9. The molecule has 0 atom stereocenters. The third kappa shape index (κ3) is 5.36. The molecule has 0 radical (unpaired) electrons. The van der Waals surface area contributed by atoms with E-state index in [1.54, 1.807) is 14.2 Å². The van der Waals surface area contributed by atoms with E-state index in [0.717, 1.165) is 17.7 Å². The minimum atomic E-state index is 0.0537. The van der Waals surface area contributed by atoms with E-state index in [9.17, 15) is 4.79 Å². The summed E-state index contributed by atoms with van der Waals surface area (Å²) in [6.45, 7) is 1.16. The van der Waals surface area contributed by atoms with Gasteiger partial charge in [0.25, 0.3) is 0 Å². The number of rotatable bonds is 7. The Labute approximate surface area is 102 Å². The fraction of sp³-hybridized carbons (Fsp3) is 0.462. The summed E-state index contributed by atoms with van der Waals surface area (Å²) in [5.74, 6) is 0.895. The van der Waals surface area contributed by atoms with Crippen molar-refractivity contribution in [3.8, 4) is 5.75 Å². The van der Waals surface area contributed by atoms with E-state index in [1.165, 1.54) is 0 Å². The molecule has 0 heterocycles. The van der Waals surface area contributed by atoms with Crippen molar-refractivity contribution in [2.45, 2.75) is 19.4 Å². The van der Waals surface area contributed by atoms with Crippen molar-refractivity contribution in [1.82, 2.24) is 5.32 Å². The standard InChI is InChI=1S/C13H19NO3/c1-14-13(15)4-3-9-17-10-11-5-7-12(16-2)8-6-11/h5-8H,3-4,9-10H2,1-2H3,(H,14,15). The lowest BCUT2D eigenvalue weighted by molar-refractivity contribution is -0.120. The van der Waals surface area contributed by atoms with Crippen LogP contribution in [0.15, 0.2) is 24.3 Å². The van der Waals surface area contributed by atoms with Gasteiger partial charge in [0, 0.05) is 20.1 Å². The number of amides is 1. The Balaban J connectivity index is 2.15. The zero-order valence-electron chi connectivity index (χ0n) is 10.4. The van der Waals surface area contributed by atoms with Crippen LogP contribution >= 0.6 is 0 Å². The third-order valence-corrected chi connectivity index (χ3v) is 2.40. The molecule has 0 bridgehead atoms. The average molecular weight is 237 g/mol. The molecule has 0 saturated carbocycles. The minimum Gasteiger partial charge on any atom is -0.497 e. The fourth-order valence-corrected chi connectivity index (χ4v) is 1.37. The Morgan fingerprint density at radius 3 is 2.59 bits per heavy atom. The monoisotopic (exact) mass is 237 g/mol. The molecule has 1 aromatic rings. The molecule has 0 aromatic heterocycles. The van der Waals surface area contributed by atoms with Gasteiger partial charge in [-0.05, 0) is 24.1 Å². The molecule has 1 rings (SSSR count). The summed E-state index contributed by atoms with van der Waals surface area (Å²) in [5.41, 5.74) is 1.10. The van der Waals surface area contributed by atoms with Gasteiger partial charge >= 0.3 is 0 Å². The Morgan fingerprint density at radius 2 is 2.00 bits per heavy atom. The topological polar surface area (TPSA) is 47.6 Å². The molecular formula is C13H19NO3. The highest BCUT2D eigenvalue weighted by Gasteiger charge is 1.98. The van der Waals surface area contributed by atoms with Crippen molar-refractivity contribution in [3.05, 3.63) is 29.8 Å². The van der Waals surface area contributed by atoms with Crippen LogP contribution in [-0.2, 0) is 16.1 Å². The first-order chi connectivity index (χ1) is 8.26. The quantitative estimate of drug-likeness (QED) is 0.735. The summed E-state index contributed by atoms with van der Waals surface area (Å²) >= 11 is 0. The lowest BCUT2D eigenvalue weighted by Gasteiger charge is -2.05. The van der Waals surface area contributed by atoms with Gasteiger partial charge in [-0.15, -0.1) is 0 Å². The van der Waals surface area contributed by atoms with Crippen molar-refractivity contribution >= 4 is 5.91 Å². The van der Waals surface area contributed by atoms with Crippen molar-refractivity contribution < 1.29 is 14.3 Å². The summed E-state index contributed by atoms with van der Waals surface area (Å²) in [6.07, 6.45) is 1.26. The maximum atomic E-state index is 10.9. The average Bonchev–Trinajstić information content (AvgIpc) is 2.38. The number of nitrogens with one attached hydrogen (secondary N) is 1. The molecule has 0 aliphatic rings. The highest BCUT2D eigenvalue weighted by atomic mass is 16.5. The summed E-state index contributed by atoms with van der Waals surface area (Å²) in [5, 5.41) is 2.58. The summed E-state index contributed by atoms with van der Waals surface area (Å²) in [7, 11) is 3.28. The van der Waals surface area contributed by atoms with Crippen LogP contribution in [0.2, 0.25) is 0 Å². The Bertz CT molecular complexity index is 335. The molecule has 1 aromatic carbocycles. The summed E-state index contributed by atoms with van der Waals surface area (Å²) in [4.78, 5) is 10.9. The predicted octanol–water partition coefficient (Wildman–Crippen LogP) is 1.74. The van der Waals surface area contributed by atoms with Crippen molar-refractivity contribution in [1.29, 1.82) is 0 Å². The minimum absolute atomic E-state index is 0.0537. The zero-order valence-corrected chi connectivity index (χ0v) is 10.4. The van der Waals surface area contributed by atoms with Gasteiger partial charge in [-0.2, -0.15) is 0 Å². The molecule has 0 saturated heterocycles. The third-order valence-electron chi connectivity index (χ3n) is 2.40. The van der Waals surface area contributed by atoms with E-state index in [4.69, 9.17) is 9.47 Å². The fourth-order valence-electron chi connectivity index (χ4n) is 1.37. The number of benzene rings is 1. The molecule has 0 fully saturated rings. The first-order valence-corrected chi connectivity index (χ1v) is 5.67. The lowest BCUT2D eigenvalue weighted by atomic mass is 10.2. The van der Waals surface area contributed by atoms with Gasteiger partial charge in [0.1, 0.15) is 5.75 Å². The van der Waals surface area contributed by atoms with E-state index < -0.39 is 0 Å². The van der Waals surface area contributed by atoms with Crippen LogP contribution in [0, 0.1) is 0 Å². The van der Waals surface area contributed by atoms with Crippen LogP contribution < -0.4 is 10.1 Å². The van der Waals surface area contributed by atoms with Crippen molar-refractivity contribution in [2.24, 2.45) is 0 Å². The maximum Gasteiger partial charge on any atom is 0.219 e. The van der Waals surface area contributed by atoms with Gasteiger partial charge in [-0.25, -0.2) is 0 Å². The summed E-state index contributed by atoms with van der Waals surface area (Å²) in [6, 6.07) is 7.75. The molecule has 0 spiro atoms. The van der Waals surface area contributed by atoms with Gasteiger partial charge in [0.15, 0.2) is 0 Å². The SMILES string of the molecule is CNC(=O)CCCOCc1ccc(OC)cc1. The molecular weight excluding hydrogens is 218 g/mol. The molecule has 4 heteroatoms. The second kappa shape index (κ2) is 7.68. The number of hydrogen-bond donors (Lipinski definition) is 1. The molecule has 4 nitrogen and oxygen atoms in total. The van der Waals surface area contributed by atoms with Crippen molar-refractivity contribution in [2.75, 3.05) is 20.8 Å². The molecule has 1 N–H and O–H groups in total. The lowest BCUT2D eigenvalue weighted by Crippen LogP contribution is -2.17. The first-order valence-electron chi connectivity index (χ1n) is 5.67. The number of methoxy groups -OCH3 is 1. The Hall–Kier alpha value is -1.55.